The third-order valence-electron chi connectivity index (χ3n) is 4.40. The Morgan fingerprint density at radius 3 is 1.82 bits per heavy atom. The number of rotatable bonds is 0. The number of carbonyl (C=O) groups is 1. The van der Waals surface area contributed by atoms with Crippen molar-refractivity contribution in [1.82, 2.24) is 0 Å². The molecule has 1 aromatic rings. The molecule has 1 saturated carbocycles. The van der Waals surface area contributed by atoms with Crippen LogP contribution in [0.3, 0.4) is 0 Å². The van der Waals surface area contributed by atoms with Gasteiger partial charge in [-0.1, -0.05) is 70.0 Å². The van der Waals surface area contributed by atoms with Crippen LogP contribution in [0.15, 0.2) is 24.3 Å². The first-order chi connectivity index (χ1) is 7.96. The van der Waals surface area contributed by atoms with Crippen LogP contribution in [0.2, 0.25) is 0 Å². The summed E-state index contributed by atoms with van der Waals surface area (Å²) in [6, 6.07) is 8.49. The van der Waals surface area contributed by atoms with Crippen LogP contribution in [-0.4, -0.2) is 15.4 Å². The molecule has 0 spiro atoms. The Kier molecular flexibility index (Phi) is 2.57. The van der Waals surface area contributed by atoms with Gasteiger partial charge in [0.15, 0.2) is 5.78 Å². The molecule has 0 N–H and O–H groups in total. The Morgan fingerprint density at radius 1 is 1.00 bits per heavy atom. The molecule has 0 saturated heterocycles. The number of alkyl halides is 2. The predicted octanol–water partition coefficient (Wildman–Crippen LogP) is 4.00. The molecule has 0 aromatic heterocycles. The van der Waals surface area contributed by atoms with Crippen molar-refractivity contribution < 1.29 is 4.79 Å². The topological polar surface area (TPSA) is 17.1 Å². The van der Waals surface area contributed by atoms with Gasteiger partial charge in [0.05, 0.1) is 9.65 Å². The van der Waals surface area contributed by atoms with Gasteiger partial charge in [-0.25, -0.2) is 0 Å². The summed E-state index contributed by atoms with van der Waals surface area (Å²) in [5.41, 5.74) is 2.82. The Bertz CT molecular complexity index is 454. The lowest BCUT2D eigenvalue weighted by Crippen LogP contribution is -2.46. The van der Waals surface area contributed by atoms with Crippen molar-refractivity contribution in [2.45, 2.75) is 35.3 Å². The molecular formula is C14H14Br2O. The minimum atomic E-state index is -0.0678. The highest BCUT2D eigenvalue weighted by molar-refractivity contribution is 9.10. The first kappa shape index (κ1) is 11.9. The molecule has 0 radical (unpaired) electrons. The first-order valence-corrected chi connectivity index (χ1v) is 7.70. The van der Waals surface area contributed by atoms with Crippen molar-refractivity contribution in [3.8, 4) is 0 Å². The number of hydrogen-bond donors (Lipinski definition) is 0. The van der Waals surface area contributed by atoms with Gasteiger partial charge in [0.25, 0.3) is 0 Å². The van der Waals surface area contributed by atoms with Crippen molar-refractivity contribution in [3.63, 3.8) is 0 Å². The molecule has 90 valence electrons. The largest absolute Gasteiger partial charge is 0.297 e. The Balaban J connectivity index is 2.27. The lowest BCUT2D eigenvalue weighted by atomic mass is 9.66. The van der Waals surface area contributed by atoms with Gasteiger partial charge in [-0.05, 0) is 16.5 Å². The Labute approximate surface area is 118 Å². The third-order valence-corrected chi connectivity index (χ3v) is 6.36. The fourth-order valence-electron chi connectivity index (χ4n) is 3.62. The zero-order chi connectivity index (χ0) is 12.4. The number of Topliss-reactive ketones (excluding diaryl/α,β-unsaturated/α-hetero) is 1. The van der Waals surface area contributed by atoms with Crippen molar-refractivity contribution >= 4 is 37.6 Å². The Morgan fingerprint density at radius 2 is 1.41 bits per heavy atom. The smallest absolute Gasteiger partial charge is 0.161 e. The highest BCUT2D eigenvalue weighted by Crippen LogP contribution is 2.63. The molecule has 1 aromatic carbocycles. The molecule has 17 heavy (non-hydrogen) atoms. The normalized spacial score (nSPS) is 38.0. The average molecular weight is 358 g/mol. The monoisotopic (exact) mass is 356 g/mol. The molecule has 2 aliphatic carbocycles. The van der Waals surface area contributed by atoms with Crippen LogP contribution in [-0.2, 0) is 4.79 Å². The fraction of sp³-hybridized carbons (Fsp3) is 0.500. The number of carbonyl (C=O) groups excluding carboxylic acids is 1. The molecule has 0 amide bonds. The van der Waals surface area contributed by atoms with E-state index in [1.54, 1.807) is 0 Å². The second kappa shape index (κ2) is 3.67. The van der Waals surface area contributed by atoms with Crippen molar-refractivity contribution in [1.29, 1.82) is 0 Å². The minimum absolute atomic E-state index is 0.0678. The summed E-state index contributed by atoms with van der Waals surface area (Å²) in [6.45, 7) is 4.55. The molecule has 2 bridgehead atoms. The molecule has 4 atom stereocenters. The summed E-state index contributed by atoms with van der Waals surface area (Å²) in [6.07, 6.45) is 0. The molecule has 0 aliphatic heterocycles. The number of halogens is 2. The van der Waals surface area contributed by atoms with Crippen molar-refractivity contribution in [2.24, 2.45) is 5.41 Å². The van der Waals surface area contributed by atoms with Gasteiger partial charge in [0.2, 0.25) is 0 Å². The molecule has 1 nitrogen and oxygen atoms in total. The summed E-state index contributed by atoms with van der Waals surface area (Å²) < 4.78 is 0. The minimum Gasteiger partial charge on any atom is -0.297 e. The molecular weight excluding hydrogens is 344 g/mol. The van der Waals surface area contributed by atoms with Gasteiger partial charge >= 0.3 is 0 Å². The average Bonchev–Trinajstić information content (AvgIpc) is 2.47. The van der Waals surface area contributed by atoms with E-state index in [-0.39, 0.29) is 20.9 Å². The van der Waals surface area contributed by atoms with E-state index in [0.717, 1.165) is 0 Å². The second-order valence-electron chi connectivity index (χ2n) is 5.61. The van der Waals surface area contributed by atoms with Crippen LogP contribution in [0.4, 0.5) is 0 Å². The lowest BCUT2D eigenvalue weighted by molar-refractivity contribution is -0.121. The molecule has 1 fully saturated rings. The molecule has 0 heterocycles. The van der Waals surface area contributed by atoms with Gasteiger partial charge in [-0.15, -0.1) is 0 Å². The second-order valence-corrected chi connectivity index (χ2v) is 7.58. The van der Waals surface area contributed by atoms with Crippen LogP contribution in [0.1, 0.15) is 36.8 Å². The number of ketones is 1. The SMILES string of the molecule is CC1(C)[C@@H]2c3ccccc3[C@H]1[C@@H](Br)C(=O)[C@@H]2Br. The highest BCUT2D eigenvalue weighted by atomic mass is 79.9. The van der Waals surface area contributed by atoms with Gasteiger partial charge in [0, 0.05) is 11.8 Å². The van der Waals surface area contributed by atoms with Gasteiger partial charge < -0.3 is 0 Å². The van der Waals surface area contributed by atoms with E-state index in [9.17, 15) is 4.79 Å². The zero-order valence-corrected chi connectivity index (χ0v) is 13.0. The van der Waals surface area contributed by atoms with E-state index >= 15 is 0 Å². The number of hydrogen-bond acceptors (Lipinski definition) is 1. The van der Waals surface area contributed by atoms with E-state index < -0.39 is 0 Å². The zero-order valence-electron chi connectivity index (χ0n) is 9.78. The summed E-state index contributed by atoms with van der Waals surface area (Å²) in [7, 11) is 0. The van der Waals surface area contributed by atoms with Gasteiger partial charge in [-0.3, -0.25) is 4.79 Å². The number of fused-ring (bicyclic) bond motifs is 5. The van der Waals surface area contributed by atoms with E-state index in [1.807, 2.05) is 0 Å². The first-order valence-electron chi connectivity index (χ1n) is 5.87. The van der Waals surface area contributed by atoms with Crippen LogP contribution >= 0.6 is 31.9 Å². The van der Waals surface area contributed by atoms with Crippen LogP contribution in [0, 0.1) is 5.41 Å². The quantitative estimate of drug-likeness (QED) is 0.641. The van der Waals surface area contributed by atoms with E-state index in [2.05, 4.69) is 70.0 Å². The molecule has 2 aliphatic rings. The molecule has 3 rings (SSSR count). The van der Waals surface area contributed by atoms with E-state index in [4.69, 9.17) is 0 Å². The molecule has 0 unspecified atom stereocenters. The van der Waals surface area contributed by atoms with Crippen molar-refractivity contribution in [2.75, 3.05) is 0 Å². The van der Waals surface area contributed by atoms with E-state index in [0.29, 0.717) is 11.8 Å². The summed E-state index contributed by atoms with van der Waals surface area (Å²) in [5.74, 6) is 0.880. The molecule has 3 heteroatoms. The Hall–Kier alpha value is -0.150. The van der Waals surface area contributed by atoms with Crippen LogP contribution < -0.4 is 0 Å². The summed E-state index contributed by atoms with van der Waals surface area (Å²) in [4.78, 5) is 12.1. The van der Waals surface area contributed by atoms with Gasteiger partial charge in [-0.2, -0.15) is 0 Å². The van der Waals surface area contributed by atoms with E-state index in [1.165, 1.54) is 11.1 Å². The predicted molar refractivity (Wildman–Crippen MR) is 76.1 cm³/mol. The maximum Gasteiger partial charge on any atom is 0.161 e. The van der Waals surface area contributed by atoms with Crippen LogP contribution in [0.25, 0.3) is 0 Å². The summed E-state index contributed by atoms with van der Waals surface area (Å²) >= 11 is 7.23. The standard InChI is InChI=1S/C14H14Br2O/c1-14(2)9-7-5-3-4-6-8(7)10(14)12(16)13(17)11(9)15/h3-6,9-12H,1-2H3/t9-,10+,11-,12-/m1/s1. The lowest BCUT2D eigenvalue weighted by Gasteiger charge is -2.43. The maximum atomic E-state index is 12.2. The fourth-order valence-corrected chi connectivity index (χ4v) is 6.48. The number of benzene rings is 1. The summed E-state index contributed by atoms with van der Waals surface area (Å²) in [5, 5.41) is 0. The van der Waals surface area contributed by atoms with Crippen LogP contribution in [0.5, 0.6) is 0 Å². The highest BCUT2D eigenvalue weighted by Gasteiger charge is 2.59. The van der Waals surface area contributed by atoms with Gasteiger partial charge in [0.1, 0.15) is 0 Å². The third kappa shape index (κ3) is 1.39. The van der Waals surface area contributed by atoms with Crippen molar-refractivity contribution in [3.05, 3.63) is 35.4 Å². The maximum absolute atomic E-state index is 12.2.